The van der Waals surface area contributed by atoms with E-state index in [0.29, 0.717) is 19.3 Å². The van der Waals surface area contributed by atoms with Gasteiger partial charge >= 0.3 is 5.97 Å². The van der Waals surface area contributed by atoms with Gasteiger partial charge < -0.3 is 10.1 Å². The molecule has 1 fully saturated rings. The van der Waals surface area contributed by atoms with Crippen molar-refractivity contribution in [3.05, 3.63) is 71.3 Å². The molecule has 1 heterocycles. The summed E-state index contributed by atoms with van der Waals surface area (Å²) < 4.78 is 5.22. The lowest BCUT2D eigenvalue weighted by Gasteiger charge is -2.48. The Morgan fingerprint density at radius 2 is 1.79 bits per heavy atom. The average Bonchev–Trinajstić information content (AvgIpc) is 2.94. The van der Waals surface area contributed by atoms with Crippen molar-refractivity contribution in [2.24, 2.45) is 5.41 Å². The number of fused-ring (bicyclic) bond motifs is 3. The van der Waals surface area contributed by atoms with Crippen molar-refractivity contribution in [2.75, 3.05) is 7.11 Å². The van der Waals surface area contributed by atoms with E-state index in [2.05, 4.69) is 5.32 Å². The highest BCUT2D eigenvalue weighted by molar-refractivity contribution is 5.89. The van der Waals surface area contributed by atoms with Crippen LogP contribution in [0.3, 0.4) is 0 Å². The zero-order valence-corrected chi connectivity index (χ0v) is 13.5. The van der Waals surface area contributed by atoms with Gasteiger partial charge in [0, 0.05) is 6.42 Å². The van der Waals surface area contributed by atoms with E-state index in [1.54, 1.807) is 0 Å². The molecule has 2 aromatic carbocycles. The lowest BCUT2D eigenvalue weighted by molar-refractivity contribution is -0.161. The topological polar surface area (TPSA) is 55.4 Å². The van der Waals surface area contributed by atoms with Gasteiger partial charge in [-0.2, -0.15) is 0 Å². The highest BCUT2D eigenvalue weighted by Crippen LogP contribution is 2.58. The Bertz CT molecular complexity index is 817. The predicted molar refractivity (Wildman–Crippen MR) is 89.2 cm³/mol. The number of piperidine rings is 1. The minimum Gasteiger partial charge on any atom is -0.468 e. The largest absolute Gasteiger partial charge is 0.468 e. The Kier molecular flexibility index (Phi) is 3.23. The number of hydrogen-bond donors (Lipinski definition) is 1. The third-order valence-corrected chi connectivity index (χ3v) is 5.52. The smallest absolute Gasteiger partial charge is 0.315 e. The van der Waals surface area contributed by atoms with Gasteiger partial charge in [-0.05, 0) is 29.5 Å². The standard InChI is InChI=1S/C20H19NO3/c1-24-18(23)19-12-11-17(22)21-20(19,15-8-3-2-4-9-15)16-10-6-5-7-14(16)13-19/h2-10H,11-13H2,1H3,(H,21,22)/t19-,20+/m0/s1. The van der Waals surface area contributed by atoms with E-state index in [-0.39, 0.29) is 11.9 Å². The molecule has 24 heavy (non-hydrogen) atoms. The van der Waals surface area contributed by atoms with Crippen LogP contribution in [-0.2, 0) is 26.3 Å². The third-order valence-electron chi connectivity index (χ3n) is 5.52. The number of nitrogens with one attached hydrogen (secondary N) is 1. The fourth-order valence-electron chi connectivity index (χ4n) is 4.53. The first-order valence-electron chi connectivity index (χ1n) is 8.17. The van der Waals surface area contributed by atoms with E-state index in [4.69, 9.17) is 4.74 Å². The summed E-state index contributed by atoms with van der Waals surface area (Å²) in [6.07, 6.45) is 1.39. The maximum absolute atomic E-state index is 13.0. The SMILES string of the molecule is COC(=O)[C@@]12CCC(=O)N[C@]1(c1ccccc1)c1ccccc1C2. The zero-order chi connectivity index (χ0) is 16.8. The molecule has 2 aromatic rings. The number of hydrogen-bond acceptors (Lipinski definition) is 3. The van der Waals surface area contributed by atoms with Gasteiger partial charge in [0.25, 0.3) is 0 Å². The number of esters is 1. The first kappa shape index (κ1) is 14.9. The van der Waals surface area contributed by atoms with E-state index >= 15 is 0 Å². The van der Waals surface area contributed by atoms with Crippen LogP contribution >= 0.6 is 0 Å². The second-order valence-electron chi connectivity index (χ2n) is 6.57. The van der Waals surface area contributed by atoms with Crippen LogP contribution in [0.15, 0.2) is 54.6 Å². The second kappa shape index (κ2) is 5.20. The van der Waals surface area contributed by atoms with Crippen LogP contribution < -0.4 is 5.32 Å². The van der Waals surface area contributed by atoms with Crippen LogP contribution in [0.2, 0.25) is 0 Å². The first-order valence-corrected chi connectivity index (χ1v) is 8.17. The van der Waals surface area contributed by atoms with Crippen LogP contribution in [0.5, 0.6) is 0 Å². The Morgan fingerprint density at radius 1 is 1.08 bits per heavy atom. The number of carbonyl (C=O) groups is 2. The maximum Gasteiger partial charge on any atom is 0.315 e. The molecule has 4 nitrogen and oxygen atoms in total. The van der Waals surface area contributed by atoms with E-state index in [1.807, 2.05) is 54.6 Å². The Morgan fingerprint density at radius 3 is 2.54 bits per heavy atom. The normalized spacial score (nSPS) is 27.8. The lowest BCUT2D eigenvalue weighted by Crippen LogP contribution is -2.63. The van der Waals surface area contributed by atoms with Crippen molar-refractivity contribution < 1.29 is 14.3 Å². The summed E-state index contributed by atoms with van der Waals surface area (Å²) >= 11 is 0. The Labute approximate surface area is 140 Å². The van der Waals surface area contributed by atoms with Crippen molar-refractivity contribution in [3.8, 4) is 0 Å². The van der Waals surface area contributed by atoms with E-state index < -0.39 is 11.0 Å². The monoisotopic (exact) mass is 321 g/mol. The summed E-state index contributed by atoms with van der Waals surface area (Å²) in [6, 6.07) is 17.7. The van der Waals surface area contributed by atoms with Gasteiger partial charge in [-0.1, -0.05) is 54.6 Å². The van der Waals surface area contributed by atoms with Crippen molar-refractivity contribution in [1.29, 1.82) is 0 Å². The van der Waals surface area contributed by atoms with Gasteiger partial charge in [0.15, 0.2) is 0 Å². The van der Waals surface area contributed by atoms with Crippen LogP contribution in [0.25, 0.3) is 0 Å². The molecule has 1 N–H and O–H groups in total. The summed E-state index contributed by atoms with van der Waals surface area (Å²) in [6.45, 7) is 0. The lowest BCUT2D eigenvalue weighted by atomic mass is 9.62. The molecule has 0 spiro atoms. The van der Waals surface area contributed by atoms with Gasteiger partial charge in [-0.25, -0.2) is 0 Å². The van der Waals surface area contributed by atoms with E-state index in [9.17, 15) is 9.59 Å². The molecule has 2 aliphatic rings. The van der Waals surface area contributed by atoms with Gasteiger partial charge in [-0.15, -0.1) is 0 Å². The van der Waals surface area contributed by atoms with Crippen molar-refractivity contribution >= 4 is 11.9 Å². The summed E-state index contributed by atoms with van der Waals surface area (Å²) in [5, 5.41) is 3.18. The van der Waals surface area contributed by atoms with Gasteiger partial charge in [0.05, 0.1) is 7.11 Å². The van der Waals surface area contributed by atoms with E-state index in [1.165, 1.54) is 7.11 Å². The number of benzene rings is 2. The van der Waals surface area contributed by atoms with Crippen molar-refractivity contribution in [2.45, 2.75) is 24.8 Å². The molecule has 122 valence electrons. The van der Waals surface area contributed by atoms with Crippen LogP contribution in [0.4, 0.5) is 0 Å². The number of rotatable bonds is 2. The quantitative estimate of drug-likeness (QED) is 0.865. The molecule has 0 unspecified atom stereocenters. The molecule has 1 aliphatic carbocycles. The predicted octanol–water partition coefficient (Wildman–Crippen LogP) is 2.56. The molecule has 0 bridgehead atoms. The van der Waals surface area contributed by atoms with Crippen molar-refractivity contribution in [1.82, 2.24) is 5.32 Å². The van der Waals surface area contributed by atoms with Gasteiger partial charge in [-0.3, -0.25) is 9.59 Å². The Balaban J connectivity index is 2.06. The summed E-state index contributed by atoms with van der Waals surface area (Å²) in [7, 11) is 1.42. The highest BCUT2D eigenvalue weighted by atomic mass is 16.5. The van der Waals surface area contributed by atoms with Crippen LogP contribution in [0, 0.1) is 5.41 Å². The second-order valence-corrected chi connectivity index (χ2v) is 6.57. The van der Waals surface area contributed by atoms with Crippen LogP contribution in [0.1, 0.15) is 29.5 Å². The first-order chi connectivity index (χ1) is 11.6. The molecule has 1 amide bonds. The van der Waals surface area contributed by atoms with Gasteiger partial charge in [0.2, 0.25) is 5.91 Å². The minimum absolute atomic E-state index is 0.0323. The molecule has 0 radical (unpaired) electrons. The fraction of sp³-hybridized carbons (Fsp3) is 0.300. The molecule has 2 atom stereocenters. The minimum atomic E-state index is -0.868. The molecule has 4 rings (SSSR count). The molecular formula is C20H19NO3. The molecule has 0 aromatic heterocycles. The number of ether oxygens (including phenoxy) is 1. The fourth-order valence-corrected chi connectivity index (χ4v) is 4.53. The molecular weight excluding hydrogens is 302 g/mol. The number of carbonyl (C=O) groups excluding carboxylic acids is 2. The number of methoxy groups -OCH3 is 1. The average molecular weight is 321 g/mol. The highest BCUT2D eigenvalue weighted by Gasteiger charge is 2.65. The maximum atomic E-state index is 13.0. The zero-order valence-electron chi connectivity index (χ0n) is 13.5. The molecule has 4 heteroatoms. The Hall–Kier alpha value is -2.62. The van der Waals surface area contributed by atoms with Gasteiger partial charge in [0.1, 0.15) is 11.0 Å². The van der Waals surface area contributed by atoms with E-state index in [0.717, 1.165) is 16.7 Å². The van der Waals surface area contributed by atoms with Crippen LogP contribution in [-0.4, -0.2) is 19.0 Å². The third kappa shape index (κ3) is 1.74. The summed E-state index contributed by atoms with van der Waals surface area (Å²) in [4.78, 5) is 25.3. The molecule has 1 aliphatic heterocycles. The molecule has 1 saturated heterocycles. The summed E-state index contributed by atoms with van der Waals surface area (Å²) in [5.74, 6) is -0.294. The number of amides is 1. The van der Waals surface area contributed by atoms with Crippen molar-refractivity contribution in [3.63, 3.8) is 0 Å². The summed E-state index contributed by atoms with van der Waals surface area (Å²) in [5.41, 5.74) is 1.34. The molecule has 0 saturated carbocycles.